The van der Waals surface area contributed by atoms with Gasteiger partial charge < -0.3 is 21.3 Å². The van der Waals surface area contributed by atoms with Gasteiger partial charge in [0, 0.05) is 49.2 Å². The first kappa shape index (κ1) is 20.3. The summed E-state index contributed by atoms with van der Waals surface area (Å²) in [6.07, 6.45) is 2.12. The van der Waals surface area contributed by atoms with Gasteiger partial charge in [-0.05, 0) is 37.6 Å². The van der Waals surface area contributed by atoms with Crippen LogP contribution in [0, 0.1) is 0 Å². The molecule has 1 saturated heterocycles. The molecule has 2 heterocycles. The number of nitrogens with one attached hydrogen (secondary N) is 2. The minimum Gasteiger partial charge on any atom is -0.338 e. The molecule has 1 aliphatic heterocycles. The van der Waals surface area contributed by atoms with E-state index in [2.05, 4.69) is 27.7 Å². The summed E-state index contributed by atoms with van der Waals surface area (Å²) in [5, 5.41) is 7.29. The third-order valence-electron chi connectivity index (χ3n) is 5.27. The highest BCUT2D eigenvalue weighted by Gasteiger charge is 2.17. The van der Waals surface area contributed by atoms with E-state index in [9.17, 15) is 4.79 Å². The van der Waals surface area contributed by atoms with E-state index in [-0.39, 0.29) is 5.91 Å². The topological polar surface area (TPSA) is 96.2 Å². The second kappa shape index (κ2) is 9.65. The van der Waals surface area contributed by atoms with Gasteiger partial charge in [-0.1, -0.05) is 30.3 Å². The molecule has 156 valence electrons. The number of carbonyl (C=O) groups excluding carboxylic acids is 1. The molecular weight excluding hydrogens is 376 g/mol. The van der Waals surface area contributed by atoms with E-state index in [1.54, 1.807) is 0 Å². The molecule has 7 nitrogen and oxygen atoms in total. The summed E-state index contributed by atoms with van der Waals surface area (Å²) < 4.78 is 0. The standard InChI is InChI=1S/C23H28N6O/c24-11-5-4-8-21(30)26-18-9-10-20-19(16-18)22(17-6-2-1-3-7-17)28-23(27-20)29-14-12-25-13-15-29/h1-3,6-7,9-10,16,25H,4-5,8,11-15,24H2,(H,26,30). The van der Waals surface area contributed by atoms with Crippen molar-refractivity contribution in [1.29, 1.82) is 0 Å². The summed E-state index contributed by atoms with van der Waals surface area (Å²) in [5.74, 6) is 0.754. The van der Waals surface area contributed by atoms with Crippen molar-refractivity contribution in [3.8, 4) is 11.3 Å². The van der Waals surface area contributed by atoms with Crippen molar-refractivity contribution < 1.29 is 4.79 Å². The molecule has 0 radical (unpaired) electrons. The maximum atomic E-state index is 12.2. The first-order valence-corrected chi connectivity index (χ1v) is 10.6. The molecule has 1 aliphatic rings. The number of nitrogens with zero attached hydrogens (tertiary/aromatic N) is 3. The predicted octanol–water partition coefficient (Wildman–Crippen LogP) is 2.77. The number of unbranched alkanes of at least 4 members (excludes halogenated alkanes) is 1. The Morgan fingerprint density at radius 3 is 2.63 bits per heavy atom. The van der Waals surface area contributed by atoms with Gasteiger partial charge in [0.25, 0.3) is 0 Å². The lowest BCUT2D eigenvalue weighted by atomic mass is 10.1. The van der Waals surface area contributed by atoms with Crippen molar-refractivity contribution >= 4 is 28.4 Å². The van der Waals surface area contributed by atoms with Crippen LogP contribution in [0.4, 0.5) is 11.6 Å². The molecule has 1 aromatic heterocycles. The van der Waals surface area contributed by atoms with Crippen molar-refractivity contribution in [1.82, 2.24) is 15.3 Å². The summed E-state index contributed by atoms with van der Waals surface area (Å²) in [5.41, 5.74) is 9.07. The normalized spacial score (nSPS) is 14.1. The molecule has 30 heavy (non-hydrogen) atoms. The van der Waals surface area contributed by atoms with Gasteiger partial charge in [0.2, 0.25) is 11.9 Å². The molecule has 0 bridgehead atoms. The van der Waals surface area contributed by atoms with E-state index in [1.807, 2.05) is 36.4 Å². The van der Waals surface area contributed by atoms with Crippen molar-refractivity contribution in [3.05, 3.63) is 48.5 Å². The molecule has 1 fully saturated rings. The summed E-state index contributed by atoms with van der Waals surface area (Å²) >= 11 is 0. The van der Waals surface area contributed by atoms with E-state index < -0.39 is 0 Å². The number of fused-ring (bicyclic) bond motifs is 1. The maximum Gasteiger partial charge on any atom is 0.226 e. The van der Waals surface area contributed by atoms with Gasteiger partial charge in [-0.25, -0.2) is 9.97 Å². The molecule has 3 aromatic rings. The summed E-state index contributed by atoms with van der Waals surface area (Å²) in [6.45, 7) is 4.23. The third kappa shape index (κ3) is 4.75. The lowest BCUT2D eigenvalue weighted by molar-refractivity contribution is -0.116. The number of hydrogen-bond donors (Lipinski definition) is 3. The molecule has 0 spiro atoms. The second-order valence-corrected chi connectivity index (χ2v) is 7.50. The highest BCUT2D eigenvalue weighted by molar-refractivity contribution is 5.98. The summed E-state index contributed by atoms with van der Waals surface area (Å²) in [4.78, 5) is 24.2. The quantitative estimate of drug-likeness (QED) is 0.524. The lowest BCUT2D eigenvalue weighted by Crippen LogP contribution is -2.44. The van der Waals surface area contributed by atoms with E-state index in [0.717, 1.165) is 72.8 Å². The van der Waals surface area contributed by atoms with E-state index >= 15 is 0 Å². The molecule has 0 unspecified atom stereocenters. The zero-order valence-corrected chi connectivity index (χ0v) is 17.1. The number of amides is 1. The van der Waals surface area contributed by atoms with Gasteiger partial charge in [0.1, 0.15) is 0 Å². The zero-order valence-electron chi connectivity index (χ0n) is 17.1. The van der Waals surface area contributed by atoms with Crippen LogP contribution in [0.25, 0.3) is 22.2 Å². The first-order chi connectivity index (χ1) is 14.7. The fourth-order valence-electron chi connectivity index (χ4n) is 3.67. The minimum absolute atomic E-state index is 0.00224. The Labute approximate surface area is 176 Å². The number of rotatable bonds is 7. The van der Waals surface area contributed by atoms with Crippen LogP contribution in [0.2, 0.25) is 0 Å². The Morgan fingerprint density at radius 1 is 1.07 bits per heavy atom. The number of piperazine rings is 1. The molecule has 7 heteroatoms. The van der Waals surface area contributed by atoms with Gasteiger partial charge in [-0.3, -0.25) is 4.79 Å². The number of carbonyl (C=O) groups is 1. The number of aromatic nitrogens is 2. The van der Waals surface area contributed by atoms with Gasteiger partial charge in [-0.15, -0.1) is 0 Å². The number of nitrogens with two attached hydrogens (primary N) is 1. The van der Waals surface area contributed by atoms with Crippen LogP contribution in [-0.2, 0) is 4.79 Å². The molecule has 0 saturated carbocycles. The van der Waals surface area contributed by atoms with Crippen LogP contribution in [0.3, 0.4) is 0 Å². The third-order valence-corrected chi connectivity index (χ3v) is 5.27. The zero-order chi connectivity index (χ0) is 20.8. The fraction of sp³-hybridized carbons (Fsp3) is 0.348. The Hall–Kier alpha value is -3.03. The Morgan fingerprint density at radius 2 is 1.87 bits per heavy atom. The average Bonchev–Trinajstić information content (AvgIpc) is 2.80. The fourth-order valence-corrected chi connectivity index (χ4v) is 3.67. The monoisotopic (exact) mass is 404 g/mol. The number of hydrogen-bond acceptors (Lipinski definition) is 6. The highest BCUT2D eigenvalue weighted by Crippen LogP contribution is 2.30. The molecule has 0 aliphatic carbocycles. The van der Waals surface area contributed by atoms with Crippen molar-refractivity contribution in [3.63, 3.8) is 0 Å². The number of benzene rings is 2. The van der Waals surface area contributed by atoms with Gasteiger partial charge >= 0.3 is 0 Å². The molecule has 2 aromatic carbocycles. The van der Waals surface area contributed by atoms with Crippen molar-refractivity contribution in [2.45, 2.75) is 19.3 Å². The molecule has 4 N–H and O–H groups in total. The SMILES string of the molecule is NCCCCC(=O)Nc1ccc2nc(N3CCNCC3)nc(-c3ccccc3)c2c1. The Bertz CT molecular complexity index is 1000. The summed E-state index contributed by atoms with van der Waals surface area (Å²) in [7, 11) is 0. The van der Waals surface area contributed by atoms with Crippen LogP contribution in [0.1, 0.15) is 19.3 Å². The second-order valence-electron chi connectivity index (χ2n) is 7.50. The Kier molecular flexibility index (Phi) is 6.51. The van der Waals surface area contributed by atoms with Crippen LogP contribution in [0.5, 0.6) is 0 Å². The highest BCUT2D eigenvalue weighted by atomic mass is 16.1. The largest absolute Gasteiger partial charge is 0.338 e. The van der Waals surface area contributed by atoms with Crippen molar-refractivity contribution in [2.75, 3.05) is 42.9 Å². The van der Waals surface area contributed by atoms with E-state index in [1.165, 1.54) is 0 Å². The summed E-state index contributed by atoms with van der Waals surface area (Å²) in [6, 6.07) is 16.0. The van der Waals surface area contributed by atoms with Gasteiger partial charge in [0.15, 0.2) is 0 Å². The molecule has 4 rings (SSSR count). The maximum absolute atomic E-state index is 12.2. The molecule has 1 amide bonds. The van der Waals surface area contributed by atoms with Crippen LogP contribution >= 0.6 is 0 Å². The predicted molar refractivity (Wildman–Crippen MR) is 122 cm³/mol. The van der Waals surface area contributed by atoms with Crippen molar-refractivity contribution in [2.24, 2.45) is 5.73 Å². The Balaban J connectivity index is 1.70. The van der Waals surface area contributed by atoms with E-state index in [0.29, 0.717) is 13.0 Å². The average molecular weight is 405 g/mol. The van der Waals surface area contributed by atoms with Gasteiger partial charge in [0.05, 0.1) is 11.2 Å². The van der Waals surface area contributed by atoms with Gasteiger partial charge in [-0.2, -0.15) is 0 Å². The minimum atomic E-state index is 0.00224. The smallest absolute Gasteiger partial charge is 0.226 e. The van der Waals surface area contributed by atoms with Crippen LogP contribution in [-0.4, -0.2) is 48.6 Å². The van der Waals surface area contributed by atoms with Crippen LogP contribution in [0.15, 0.2) is 48.5 Å². The lowest BCUT2D eigenvalue weighted by Gasteiger charge is -2.28. The molecule has 0 atom stereocenters. The number of anilines is 2. The van der Waals surface area contributed by atoms with E-state index in [4.69, 9.17) is 15.7 Å². The first-order valence-electron chi connectivity index (χ1n) is 10.6. The molecular formula is C23H28N6O. The van der Waals surface area contributed by atoms with Crippen LogP contribution < -0.4 is 21.3 Å².